The van der Waals surface area contributed by atoms with E-state index in [0.717, 1.165) is 11.1 Å². The van der Waals surface area contributed by atoms with Crippen LogP contribution in [0.15, 0.2) is 53.4 Å². The highest BCUT2D eigenvalue weighted by Gasteiger charge is 2.22. The summed E-state index contributed by atoms with van der Waals surface area (Å²) in [7, 11) is -3.24. The predicted octanol–water partition coefficient (Wildman–Crippen LogP) is 3.82. The number of hydrogen-bond donors (Lipinski definition) is 1. The first-order valence-corrected chi connectivity index (χ1v) is 11.0. The van der Waals surface area contributed by atoms with Crippen LogP contribution in [0, 0.1) is 6.92 Å². The minimum absolute atomic E-state index is 0.183. The topological polar surface area (TPSA) is 72.5 Å². The fourth-order valence-electron chi connectivity index (χ4n) is 2.74. The van der Waals surface area contributed by atoms with Crippen LogP contribution < -0.4 is 10.1 Å². The summed E-state index contributed by atoms with van der Waals surface area (Å²) in [5, 5.41) is 3.01. The normalized spacial score (nSPS) is 13.6. The van der Waals surface area contributed by atoms with Crippen molar-refractivity contribution in [1.82, 2.24) is 5.32 Å². The highest BCUT2D eigenvalue weighted by atomic mass is 32.2. The molecule has 2 atom stereocenters. The van der Waals surface area contributed by atoms with Crippen LogP contribution in [0.5, 0.6) is 5.75 Å². The van der Waals surface area contributed by atoms with Crippen molar-refractivity contribution in [3.05, 3.63) is 59.7 Å². The van der Waals surface area contributed by atoms with Gasteiger partial charge < -0.3 is 10.1 Å². The van der Waals surface area contributed by atoms with Crippen molar-refractivity contribution in [2.75, 3.05) is 6.26 Å². The van der Waals surface area contributed by atoms with Crippen LogP contribution in [-0.4, -0.2) is 26.7 Å². The zero-order chi connectivity index (χ0) is 20.0. The van der Waals surface area contributed by atoms with Gasteiger partial charge in [0.25, 0.3) is 5.91 Å². The van der Waals surface area contributed by atoms with Gasteiger partial charge in [0, 0.05) is 6.26 Å². The molecule has 2 rings (SSSR count). The molecule has 0 heterocycles. The molecule has 1 N–H and O–H groups in total. The molecule has 0 unspecified atom stereocenters. The highest BCUT2D eigenvalue weighted by molar-refractivity contribution is 7.90. The number of amides is 1. The van der Waals surface area contributed by atoms with Crippen LogP contribution in [0.3, 0.4) is 0 Å². The molecule has 6 heteroatoms. The van der Waals surface area contributed by atoms with Gasteiger partial charge in [-0.3, -0.25) is 4.79 Å². The van der Waals surface area contributed by atoms with E-state index in [2.05, 4.69) is 5.32 Å². The lowest BCUT2D eigenvalue weighted by Gasteiger charge is -2.22. The number of carbonyl (C=O) groups is 1. The van der Waals surface area contributed by atoms with Crippen molar-refractivity contribution < 1.29 is 17.9 Å². The Morgan fingerprint density at radius 3 is 2.07 bits per heavy atom. The zero-order valence-electron chi connectivity index (χ0n) is 16.2. The Balaban J connectivity index is 2.09. The van der Waals surface area contributed by atoms with Crippen LogP contribution >= 0.6 is 0 Å². The Morgan fingerprint density at radius 1 is 1.00 bits per heavy atom. The molecule has 2 aromatic carbocycles. The van der Waals surface area contributed by atoms with Crippen molar-refractivity contribution in [2.45, 2.75) is 50.7 Å². The van der Waals surface area contributed by atoms with Crippen molar-refractivity contribution in [1.29, 1.82) is 0 Å². The summed E-state index contributed by atoms with van der Waals surface area (Å²) in [6, 6.07) is 14.0. The van der Waals surface area contributed by atoms with Gasteiger partial charge in [0.15, 0.2) is 15.9 Å². The van der Waals surface area contributed by atoms with Gasteiger partial charge in [-0.15, -0.1) is 0 Å². The van der Waals surface area contributed by atoms with Crippen molar-refractivity contribution >= 4 is 15.7 Å². The number of ether oxygens (including phenoxy) is 1. The number of hydrogen-bond acceptors (Lipinski definition) is 4. The third-order valence-electron chi connectivity index (χ3n) is 4.40. The highest BCUT2D eigenvalue weighted by Crippen LogP contribution is 2.20. The number of nitrogens with one attached hydrogen (secondary N) is 1. The third kappa shape index (κ3) is 5.82. The first-order valence-electron chi connectivity index (χ1n) is 9.08. The van der Waals surface area contributed by atoms with E-state index >= 15 is 0 Å². The molecule has 0 aliphatic heterocycles. The molecule has 0 saturated carbocycles. The maximum Gasteiger partial charge on any atom is 0.261 e. The van der Waals surface area contributed by atoms with Gasteiger partial charge in [-0.05, 0) is 49.6 Å². The van der Waals surface area contributed by atoms with Crippen molar-refractivity contribution in [2.24, 2.45) is 0 Å². The summed E-state index contributed by atoms with van der Waals surface area (Å²) in [6.07, 6.45) is 1.82. The molecule has 0 aliphatic rings. The molecule has 146 valence electrons. The van der Waals surface area contributed by atoms with Crippen molar-refractivity contribution in [3.63, 3.8) is 0 Å². The van der Waals surface area contributed by atoms with Crippen LogP contribution in [-0.2, 0) is 14.6 Å². The van der Waals surface area contributed by atoms with E-state index in [4.69, 9.17) is 4.74 Å². The SMILES string of the molecule is CC[C@H](Oc1ccc(C)cc1)C(=O)N[C@@H](CC)c1ccc(S(C)(=O)=O)cc1. The molecule has 0 saturated heterocycles. The van der Waals surface area contributed by atoms with E-state index in [-0.39, 0.29) is 16.8 Å². The maximum atomic E-state index is 12.7. The fraction of sp³-hybridized carbons (Fsp3) is 0.381. The lowest BCUT2D eigenvalue weighted by Crippen LogP contribution is -2.39. The van der Waals surface area contributed by atoms with Gasteiger partial charge in [-0.25, -0.2) is 8.42 Å². The quantitative estimate of drug-likeness (QED) is 0.745. The van der Waals surface area contributed by atoms with Crippen LogP contribution in [0.4, 0.5) is 0 Å². The lowest BCUT2D eigenvalue weighted by molar-refractivity contribution is -0.128. The van der Waals surface area contributed by atoms with E-state index in [0.29, 0.717) is 18.6 Å². The predicted molar refractivity (Wildman–Crippen MR) is 107 cm³/mol. The smallest absolute Gasteiger partial charge is 0.261 e. The van der Waals surface area contributed by atoms with E-state index in [9.17, 15) is 13.2 Å². The summed E-state index contributed by atoms with van der Waals surface area (Å²) < 4.78 is 29.0. The molecule has 27 heavy (non-hydrogen) atoms. The van der Waals surface area contributed by atoms with E-state index < -0.39 is 15.9 Å². The molecular formula is C21H27NO4S. The Labute approximate surface area is 161 Å². The maximum absolute atomic E-state index is 12.7. The molecule has 1 amide bonds. The number of aryl methyl sites for hydroxylation is 1. The second-order valence-electron chi connectivity index (χ2n) is 6.64. The van der Waals surface area contributed by atoms with E-state index in [1.165, 1.54) is 6.26 Å². The molecule has 2 aromatic rings. The minimum atomic E-state index is -3.24. The summed E-state index contributed by atoms with van der Waals surface area (Å²) in [5.74, 6) is 0.477. The Morgan fingerprint density at radius 2 is 1.59 bits per heavy atom. The fourth-order valence-corrected chi connectivity index (χ4v) is 3.37. The lowest BCUT2D eigenvalue weighted by atomic mass is 10.0. The average Bonchev–Trinajstić information content (AvgIpc) is 2.64. The Bertz CT molecular complexity index is 858. The largest absolute Gasteiger partial charge is 0.481 e. The monoisotopic (exact) mass is 389 g/mol. The molecular weight excluding hydrogens is 362 g/mol. The van der Waals surface area contributed by atoms with Crippen LogP contribution in [0.2, 0.25) is 0 Å². The molecule has 0 radical (unpaired) electrons. The van der Waals surface area contributed by atoms with Gasteiger partial charge in [0.1, 0.15) is 5.75 Å². The molecule has 0 fully saturated rings. The average molecular weight is 390 g/mol. The van der Waals surface area contributed by atoms with E-state index in [1.807, 2.05) is 45.0 Å². The molecule has 0 aromatic heterocycles. The van der Waals surface area contributed by atoms with Gasteiger partial charge in [-0.1, -0.05) is 43.7 Å². The van der Waals surface area contributed by atoms with Gasteiger partial charge >= 0.3 is 0 Å². The summed E-state index contributed by atoms with van der Waals surface area (Å²) >= 11 is 0. The third-order valence-corrected chi connectivity index (χ3v) is 5.53. The zero-order valence-corrected chi connectivity index (χ0v) is 17.0. The summed E-state index contributed by atoms with van der Waals surface area (Å²) in [4.78, 5) is 12.9. The summed E-state index contributed by atoms with van der Waals surface area (Å²) in [5.41, 5.74) is 1.99. The number of benzene rings is 2. The minimum Gasteiger partial charge on any atom is -0.481 e. The molecule has 5 nitrogen and oxygen atoms in total. The van der Waals surface area contributed by atoms with Crippen LogP contribution in [0.25, 0.3) is 0 Å². The summed E-state index contributed by atoms with van der Waals surface area (Å²) in [6.45, 7) is 5.87. The van der Waals surface area contributed by atoms with Crippen molar-refractivity contribution in [3.8, 4) is 5.75 Å². The molecule has 0 spiro atoms. The van der Waals surface area contributed by atoms with Crippen LogP contribution in [0.1, 0.15) is 43.9 Å². The Kier molecular flexibility index (Phi) is 7.02. The second kappa shape index (κ2) is 9.04. The molecule has 0 aliphatic carbocycles. The number of rotatable bonds is 8. The van der Waals surface area contributed by atoms with E-state index in [1.54, 1.807) is 24.3 Å². The number of sulfone groups is 1. The van der Waals surface area contributed by atoms with Gasteiger partial charge in [0.2, 0.25) is 0 Å². The van der Waals surface area contributed by atoms with Gasteiger partial charge in [-0.2, -0.15) is 0 Å². The first kappa shape index (κ1) is 21.0. The molecule has 0 bridgehead atoms. The Hall–Kier alpha value is -2.34. The second-order valence-corrected chi connectivity index (χ2v) is 8.65. The standard InChI is InChI=1S/C21H27NO4S/c1-5-19(16-9-13-18(14-10-16)27(4,24)25)22-21(23)20(6-2)26-17-11-7-15(3)8-12-17/h7-14,19-20H,5-6H2,1-4H3,(H,22,23)/t19-,20-/m0/s1. The van der Waals surface area contributed by atoms with Gasteiger partial charge in [0.05, 0.1) is 10.9 Å². The number of carbonyl (C=O) groups excluding carboxylic acids is 1. The first-order chi connectivity index (χ1) is 12.7.